The first-order chi connectivity index (χ1) is 5.57. The molecule has 0 unspecified atom stereocenters. The van der Waals surface area contributed by atoms with Crippen LogP contribution in [0.3, 0.4) is 0 Å². The standard InChI is InChI=1S/C8H17NO3/c1-8(10)5-9(6-8)4-7(11-2)12-3/h7,10H,4-6H2,1-3H3. The van der Waals surface area contributed by atoms with Crippen LogP contribution in [0, 0.1) is 0 Å². The highest BCUT2D eigenvalue weighted by atomic mass is 16.7. The van der Waals surface area contributed by atoms with Gasteiger partial charge in [0.05, 0.1) is 5.60 Å². The summed E-state index contributed by atoms with van der Waals surface area (Å²) >= 11 is 0. The highest BCUT2D eigenvalue weighted by Gasteiger charge is 2.37. The number of β-amino-alcohol motifs (C(OH)–C–C–N with tert-alkyl or cyclic N) is 1. The lowest BCUT2D eigenvalue weighted by Crippen LogP contribution is -2.61. The molecule has 0 aromatic heterocycles. The van der Waals surface area contributed by atoms with Crippen molar-refractivity contribution in [1.29, 1.82) is 0 Å². The number of hydrogen-bond donors (Lipinski definition) is 1. The van der Waals surface area contributed by atoms with Gasteiger partial charge in [0, 0.05) is 33.9 Å². The minimum absolute atomic E-state index is 0.180. The van der Waals surface area contributed by atoms with Crippen LogP contribution < -0.4 is 0 Å². The Morgan fingerprint density at radius 2 is 1.92 bits per heavy atom. The molecule has 12 heavy (non-hydrogen) atoms. The van der Waals surface area contributed by atoms with Gasteiger partial charge < -0.3 is 14.6 Å². The summed E-state index contributed by atoms with van der Waals surface area (Å²) in [6, 6.07) is 0. The number of nitrogens with zero attached hydrogens (tertiary/aromatic N) is 1. The van der Waals surface area contributed by atoms with Gasteiger partial charge in [0.2, 0.25) is 0 Å². The van der Waals surface area contributed by atoms with Crippen molar-refractivity contribution >= 4 is 0 Å². The average Bonchev–Trinajstić information content (AvgIpc) is 1.96. The lowest BCUT2D eigenvalue weighted by molar-refractivity contribution is -0.155. The first kappa shape index (κ1) is 9.92. The maximum Gasteiger partial charge on any atom is 0.169 e. The Morgan fingerprint density at radius 1 is 1.42 bits per heavy atom. The fourth-order valence-electron chi connectivity index (χ4n) is 1.50. The molecule has 0 atom stereocenters. The minimum Gasteiger partial charge on any atom is -0.388 e. The Kier molecular flexibility index (Phi) is 3.06. The van der Waals surface area contributed by atoms with E-state index in [2.05, 4.69) is 4.90 Å². The highest BCUT2D eigenvalue weighted by molar-refractivity contribution is 4.91. The molecular formula is C8H17NO3. The summed E-state index contributed by atoms with van der Waals surface area (Å²) in [4.78, 5) is 2.09. The van der Waals surface area contributed by atoms with E-state index in [1.54, 1.807) is 14.2 Å². The summed E-state index contributed by atoms with van der Waals surface area (Å²) in [5.74, 6) is 0. The van der Waals surface area contributed by atoms with E-state index in [4.69, 9.17) is 9.47 Å². The minimum atomic E-state index is -0.508. The molecule has 0 spiro atoms. The second-order valence-electron chi connectivity index (χ2n) is 3.57. The SMILES string of the molecule is COC(CN1CC(C)(O)C1)OC. The van der Waals surface area contributed by atoms with Gasteiger partial charge in [-0.1, -0.05) is 0 Å². The summed E-state index contributed by atoms with van der Waals surface area (Å²) in [6.07, 6.45) is -0.180. The van der Waals surface area contributed by atoms with Crippen LogP contribution in [0.4, 0.5) is 0 Å². The van der Waals surface area contributed by atoms with E-state index in [1.165, 1.54) is 0 Å². The third-order valence-electron chi connectivity index (χ3n) is 2.06. The zero-order valence-corrected chi connectivity index (χ0v) is 7.91. The molecule has 72 valence electrons. The number of methoxy groups -OCH3 is 2. The Hall–Kier alpha value is -0.160. The molecule has 1 fully saturated rings. The largest absolute Gasteiger partial charge is 0.388 e. The fourth-order valence-corrected chi connectivity index (χ4v) is 1.50. The van der Waals surface area contributed by atoms with Gasteiger partial charge in [0.1, 0.15) is 0 Å². The number of ether oxygens (including phenoxy) is 2. The van der Waals surface area contributed by atoms with Crippen molar-refractivity contribution in [3.8, 4) is 0 Å². The molecule has 0 radical (unpaired) electrons. The molecule has 1 aliphatic heterocycles. The van der Waals surface area contributed by atoms with Crippen LogP contribution in [-0.2, 0) is 9.47 Å². The molecule has 0 amide bonds. The van der Waals surface area contributed by atoms with Crippen LogP contribution in [0.15, 0.2) is 0 Å². The molecule has 0 aliphatic carbocycles. The van der Waals surface area contributed by atoms with E-state index in [1.807, 2.05) is 6.92 Å². The monoisotopic (exact) mass is 175 g/mol. The van der Waals surface area contributed by atoms with Crippen molar-refractivity contribution in [1.82, 2.24) is 4.90 Å². The Bertz CT molecular complexity index is 137. The molecule has 0 aromatic rings. The van der Waals surface area contributed by atoms with Gasteiger partial charge in [-0.2, -0.15) is 0 Å². The van der Waals surface area contributed by atoms with Gasteiger partial charge in [-0.05, 0) is 6.92 Å². The highest BCUT2D eigenvalue weighted by Crippen LogP contribution is 2.19. The molecular weight excluding hydrogens is 158 g/mol. The van der Waals surface area contributed by atoms with E-state index in [-0.39, 0.29) is 6.29 Å². The topological polar surface area (TPSA) is 41.9 Å². The lowest BCUT2D eigenvalue weighted by Gasteiger charge is -2.45. The lowest BCUT2D eigenvalue weighted by atomic mass is 9.97. The maximum atomic E-state index is 9.42. The van der Waals surface area contributed by atoms with Gasteiger partial charge in [0.15, 0.2) is 6.29 Å². The molecule has 1 aliphatic rings. The van der Waals surface area contributed by atoms with Crippen LogP contribution in [-0.4, -0.2) is 55.8 Å². The van der Waals surface area contributed by atoms with E-state index < -0.39 is 5.60 Å². The number of rotatable bonds is 4. The zero-order chi connectivity index (χ0) is 9.19. The normalized spacial score (nSPS) is 22.8. The summed E-state index contributed by atoms with van der Waals surface area (Å²) in [5, 5.41) is 9.42. The smallest absolute Gasteiger partial charge is 0.169 e. The van der Waals surface area contributed by atoms with Gasteiger partial charge in [-0.25, -0.2) is 0 Å². The molecule has 0 saturated carbocycles. The quantitative estimate of drug-likeness (QED) is 0.594. The summed E-state index contributed by atoms with van der Waals surface area (Å²) in [7, 11) is 3.23. The van der Waals surface area contributed by atoms with Gasteiger partial charge in [-0.15, -0.1) is 0 Å². The van der Waals surface area contributed by atoms with Crippen LogP contribution in [0.25, 0.3) is 0 Å². The Morgan fingerprint density at radius 3 is 2.25 bits per heavy atom. The molecule has 4 nitrogen and oxygen atoms in total. The first-order valence-corrected chi connectivity index (χ1v) is 4.08. The van der Waals surface area contributed by atoms with Crippen LogP contribution >= 0.6 is 0 Å². The van der Waals surface area contributed by atoms with Gasteiger partial charge >= 0.3 is 0 Å². The number of hydrogen-bond acceptors (Lipinski definition) is 4. The molecule has 0 bridgehead atoms. The second-order valence-corrected chi connectivity index (χ2v) is 3.57. The summed E-state index contributed by atoms with van der Waals surface area (Å²) in [5.41, 5.74) is -0.508. The third kappa shape index (κ3) is 2.42. The van der Waals surface area contributed by atoms with E-state index in [0.717, 1.165) is 6.54 Å². The fraction of sp³-hybridized carbons (Fsp3) is 1.00. The van der Waals surface area contributed by atoms with E-state index in [0.29, 0.717) is 13.1 Å². The Labute approximate surface area is 73.1 Å². The van der Waals surface area contributed by atoms with Crippen molar-refractivity contribution in [2.24, 2.45) is 0 Å². The molecule has 1 heterocycles. The molecule has 0 aromatic carbocycles. The number of likely N-dealkylation sites (tertiary alicyclic amines) is 1. The Balaban J connectivity index is 2.17. The zero-order valence-electron chi connectivity index (χ0n) is 7.91. The van der Waals surface area contributed by atoms with Crippen LogP contribution in [0.5, 0.6) is 0 Å². The number of aliphatic hydroxyl groups is 1. The van der Waals surface area contributed by atoms with Crippen LogP contribution in [0.2, 0.25) is 0 Å². The third-order valence-corrected chi connectivity index (χ3v) is 2.06. The van der Waals surface area contributed by atoms with Gasteiger partial charge in [0.25, 0.3) is 0 Å². The predicted octanol–water partition coefficient (Wildman–Crippen LogP) is -0.328. The van der Waals surface area contributed by atoms with E-state index >= 15 is 0 Å². The van der Waals surface area contributed by atoms with Crippen molar-refractivity contribution in [3.05, 3.63) is 0 Å². The van der Waals surface area contributed by atoms with Crippen molar-refractivity contribution < 1.29 is 14.6 Å². The first-order valence-electron chi connectivity index (χ1n) is 4.08. The summed E-state index contributed by atoms with van der Waals surface area (Å²) < 4.78 is 10.1. The van der Waals surface area contributed by atoms with E-state index in [9.17, 15) is 5.11 Å². The van der Waals surface area contributed by atoms with Crippen molar-refractivity contribution in [2.75, 3.05) is 33.9 Å². The van der Waals surface area contributed by atoms with Crippen LogP contribution in [0.1, 0.15) is 6.92 Å². The van der Waals surface area contributed by atoms with Crippen molar-refractivity contribution in [3.63, 3.8) is 0 Å². The molecule has 1 N–H and O–H groups in total. The average molecular weight is 175 g/mol. The molecule has 1 saturated heterocycles. The molecule has 1 rings (SSSR count). The maximum absolute atomic E-state index is 9.42. The molecule has 4 heteroatoms. The van der Waals surface area contributed by atoms with Gasteiger partial charge in [-0.3, -0.25) is 4.90 Å². The summed E-state index contributed by atoms with van der Waals surface area (Å²) in [6.45, 7) is 3.97. The predicted molar refractivity (Wildman–Crippen MR) is 44.9 cm³/mol. The van der Waals surface area contributed by atoms with Crippen molar-refractivity contribution in [2.45, 2.75) is 18.8 Å². The second kappa shape index (κ2) is 3.70.